The summed E-state index contributed by atoms with van der Waals surface area (Å²) in [5.41, 5.74) is 11.5. The summed E-state index contributed by atoms with van der Waals surface area (Å²) in [6.07, 6.45) is 0. The van der Waals surface area contributed by atoms with Gasteiger partial charge in [0.25, 0.3) is 11.8 Å². The van der Waals surface area contributed by atoms with Gasteiger partial charge in [-0.15, -0.1) is 11.3 Å². The fourth-order valence-electron chi connectivity index (χ4n) is 3.46. The zero-order chi connectivity index (χ0) is 26.9. The van der Waals surface area contributed by atoms with Crippen LogP contribution in [0.4, 0.5) is 5.69 Å². The van der Waals surface area contributed by atoms with Crippen molar-refractivity contribution in [2.24, 2.45) is 5.73 Å². The Hall–Kier alpha value is -3.97. The van der Waals surface area contributed by atoms with E-state index in [-0.39, 0.29) is 36.0 Å². The molecule has 1 atom stereocenters. The average Bonchev–Trinajstić information content (AvgIpc) is 3.53. The molecule has 3 aromatic rings. The van der Waals surface area contributed by atoms with Gasteiger partial charge in [0.2, 0.25) is 5.91 Å². The highest BCUT2D eigenvalue weighted by Crippen LogP contribution is 2.31. The van der Waals surface area contributed by atoms with Crippen LogP contribution in [-0.4, -0.2) is 52.7 Å². The van der Waals surface area contributed by atoms with Crippen molar-refractivity contribution in [2.75, 3.05) is 25.5 Å². The molecular formula is C24H27N5O6S2. The number of nitrogens with zero attached hydrogens (tertiary/aromatic N) is 2. The summed E-state index contributed by atoms with van der Waals surface area (Å²) >= 11 is 2.12. The maximum atomic E-state index is 13.8. The number of aromatic nitrogens is 1. The highest BCUT2D eigenvalue weighted by Gasteiger charge is 2.35. The Morgan fingerprint density at radius 3 is 2.41 bits per heavy atom. The second kappa shape index (κ2) is 12.8. The van der Waals surface area contributed by atoms with E-state index in [2.05, 4.69) is 9.69 Å². The van der Waals surface area contributed by atoms with Gasteiger partial charge in [0.05, 0.1) is 25.4 Å². The van der Waals surface area contributed by atoms with Gasteiger partial charge in [-0.3, -0.25) is 19.2 Å². The van der Waals surface area contributed by atoms with Crippen molar-refractivity contribution < 1.29 is 28.7 Å². The van der Waals surface area contributed by atoms with Crippen molar-refractivity contribution in [3.63, 3.8) is 0 Å². The molecule has 0 aliphatic rings. The number of nitrogen functional groups attached to an aromatic ring is 1. The zero-order valence-corrected chi connectivity index (χ0v) is 21.9. The highest BCUT2D eigenvalue weighted by atomic mass is 32.1. The summed E-state index contributed by atoms with van der Waals surface area (Å²) < 4.78 is 14.3. The highest BCUT2D eigenvalue weighted by molar-refractivity contribution is 7.10. The quantitative estimate of drug-likeness (QED) is 0.292. The summed E-state index contributed by atoms with van der Waals surface area (Å²) in [5.74, 6) is -2.13. The van der Waals surface area contributed by atoms with Crippen LogP contribution in [0, 0.1) is 0 Å². The van der Waals surface area contributed by atoms with E-state index in [0.29, 0.717) is 17.9 Å². The first-order chi connectivity index (χ1) is 17.8. The number of esters is 1. The third kappa shape index (κ3) is 6.83. The lowest BCUT2D eigenvalue weighted by Gasteiger charge is -2.31. The number of ether oxygens (including phenoxy) is 2. The third-order valence-electron chi connectivity index (χ3n) is 5.10. The molecule has 0 saturated carbocycles. The van der Waals surface area contributed by atoms with Gasteiger partial charge in [0, 0.05) is 4.88 Å². The summed E-state index contributed by atoms with van der Waals surface area (Å²) in [6, 6.07) is 9.18. The van der Waals surface area contributed by atoms with Gasteiger partial charge < -0.3 is 31.2 Å². The number of carbonyl (C=O) groups is 4. The Bertz CT molecular complexity index is 1240. The van der Waals surface area contributed by atoms with E-state index in [1.807, 2.05) is 24.4 Å². The van der Waals surface area contributed by atoms with Crippen LogP contribution in [0.15, 0.2) is 41.8 Å². The van der Waals surface area contributed by atoms with Gasteiger partial charge in [0.15, 0.2) is 5.69 Å². The smallest absolute Gasteiger partial charge is 0.325 e. The largest absolute Gasteiger partial charge is 0.494 e. The van der Waals surface area contributed by atoms with Crippen LogP contribution in [0.3, 0.4) is 0 Å². The fourth-order valence-corrected chi connectivity index (χ4v) is 4.93. The number of amides is 3. The maximum Gasteiger partial charge on any atom is 0.325 e. The summed E-state index contributed by atoms with van der Waals surface area (Å²) in [4.78, 5) is 53.0. The number of nitrogens with two attached hydrogens (primary N) is 2. The van der Waals surface area contributed by atoms with Crippen LogP contribution in [-0.2, 0) is 20.9 Å². The van der Waals surface area contributed by atoms with E-state index < -0.39 is 29.7 Å². The van der Waals surface area contributed by atoms with Crippen LogP contribution < -0.4 is 21.5 Å². The normalized spacial score (nSPS) is 11.4. The Morgan fingerprint density at radius 2 is 1.84 bits per heavy atom. The molecule has 3 amide bonds. The van der Waals surface area contributed by atoms with Crippen molar-refractivity contribution in [3.8, 4) is 5.75 Å². The second-order valence-electron chi connectivity index (χ2n) is 7.58. The lowest BCUT2D eigenvalue weighted by molar-refractivity contribution is -0.143. The molecule has 0 saturated heterocycles. The molecule has 0 aliphatic heterocycles. The van der Waals surface area contributed by atoms with Crippen molar-refractivity contribution in [1.29, 1.82) is 0 Å². The number of hydrogen-bond donors (Lipinski definition) is 3. The number of thiophene rings is 1. The standard InChI is InChI=1S/C24H27N5O6S2/c1-3-34-15-9-7-14(8-10-15)20(23(32)27-12-17(30)35-4-2)29(13-16-6-5-11-36-16)24(33)21-18(25)19(22(26)31)28-37-21/h5-11,20H,3-4,12-13,25H2,1-2H3,(H2,26,31)(H,27,32). The molecule has 0 radical (unpaired) electrons. The number of rotatable bonds is 12. The number of benzene rings is 1. The predicted molar refractivity (Wildman–Crippen MR) is 139 cm³/mol. The van der Waals surface area contributed by atoms with Crippen LogP contribution in [0.2, 0.25) is 0 Å². The van der Waals surface area contributed by atoms with Gasteiger partial charge in [-0.05, 0) is 54.5 Å². The Labute approximate surface area is 221 Å². The van der Waals surface area contributed by atoms with Gasteiger partial charge in [-0.2, -0.15) is 4.37 Å². The number of anilines is 1. The minimum absolute atomic E-state index is 0.0283. The van der Waals surface area contributed by atoms with Crippen molar-refractivity contribution >= 4 is 52.2 Å². The molecular weight excluding hydrogens is 518 g/mol. The molecule has 0 spiro atoms. The molecule has 2 heterocycles. The molecule has 2 aromatic heterocycles. The van der Waals surface area contributed by atoms with Gasteiger partial charge in [-0.25, -0.2) is 0 Å². The summed E-state index contributed by atoms with van der Waals surface area (Å²) in [7, 11) is 0. The molecule has 37 heavy (non-hydrogen) atoms. The Kier molecular flexibility index (Phi) is 9.57. The molecule has 5 N–H and O–H groups in total. The topological polar surface area (TPSA) is 167 Å². The predicted octanol–water partition coefficient (Wildman–Crippen LogP) is 2.35. The van der Waals surface area contributed by atoms with E-state index in [0.717, 1.165) is 16.4 Å². The van der Waals surface area contributed by atoms with Gasteiger partial charge in [-0.1, -0.05) is 18.2 Å². The second-order valence-corrected chi connectivity index (χ2v) is 9.38. The zero-order valence-electron chi connectivity index (χ0n) is 20.3. The van der Waals surface area contributed by atoms with E-state index >= 15 is 0 Å². The molecule has 0 bridgehead atoms. The fraction of sp³-hybridized carbons (Fsp3) is 0.292. The van der Waals surface area contributed by atoms with Crippen molar-refractivity contribution in [1.82, 2.24) is 14.6 Å². The Morgan fingerprint density at radius 1 is 1.11 bits per heavy atom. The first kappa shape index (κ1) is 27.6. The maximum absolute atomic E-state index is 13.8. The van der Waals surface area contributed by atoms with Crippen LogP contribution >= 0.6 is 22.9 Å². The van der Waals surface area contributed by atoms with Crippen LogP contribution in [0.25, 0.3) is 0 Å². The summed E-state index contributed by atoms with van der Waals surface area (Å²) in [6.45, 7) is 3.79. The lowest BCUT2D eigenvalue weighted by Crippen LogP contribution is -2.44. The minimum Gasteiger partial charge on any atom is -0.494 e. The Balaban J connectivity index is 2.06. The van der Waals surface area contributed by atoms with Crippen LogP contribution in [0.1, 0.15) is 50.5 Å². The molecule has 11 nitrogen and oxygen atoms in total. The van der Waals surface area contributed by atoms with Crippen molar-refractivity contribution in [2.45, 2.75) is 26.4 Å². The molecule has 0 aliphatic carbocycles. The van der Waals surface area contributed by atoms with Gasteiger partial charge in [0.1, 0.15) is 23.2 Å². The van der Waals surface area contributed by atoms with Gasteiger partial charge >= 0.3 is 5.97 Å². The molecule has 196 valence electrons. The number of carbonyl (C=O) groups excluding carboxylic acids is 4. The van der Waals surface area contributed by atoms with E-state index in [9.17, 15) is 19.2 Å². The number of primary amides is 1. The molecule has 1 aromatic carbocycles. The molecule has 1 unspecified atom stereocenters. The minimum atomic E-state index is -1.17. The molecule has 3 rings (SSSR count). The van der Waals surface area contributed by atoms with E-state index in [1.165, 1.54) is 16.2 Å². The molecule has 13 heteroatoms. The number of nitrogens with one attached hydrogen (secondary N) is 1. The SMILES string of the molecule is CCOC(=O)CNC(=O)C(c1ccc(OCC)cc1)N(Cc1cccs1)C(=O)c1snc(C(N)=O)c1N. The van der Waals surface area contributed by atoms with Crippen LogP contribution in [0.5, 0.6) is 5.75 Å². The first-order valence-electron chi connectivity index (χ1n) is 11.3. The monoisotopic (exact) mass is 545 g/mol. The summed E-state index contributed by atoms with van der Waals surface area (Å²) in [5, 5.41) is 4.40. The van der Waals surface area contributed by atoms with Crippen molar-refractivity contribution in [3.05, 3.63) is 62.8 Å². The lowest BCUT2D eigenvalue weighted by atomic mass is 10.0. The third-order valence-corrected chi connectivity index (χ3v) is 6.81. The average molecular weight is 546 g/mol. The van der Waals surface area contributed by atoms with E-state index in [1.54, 1.807) is 31.2 Å². The van der Waals surface area contributed by atoms with E-state index in [4.69, 9.17) is 20.9 Å². The first-order valence-corrected chi connectivity index (χ1v) is 13.0. The molecule has 0 fully saturated rings. The number of hydrogen-bond acceptors (Lipinski definition) is 10.